The molecule has 1 fully saturated rings. The molecule has 2 amide bonds. The van der Waals surface area contributed by atoms with Gasteiger partial charge in [-0.25, -0.2) is 0 Å². The first-order valence-electron chi connectivity index (χ1n) is 6.13. The Balaban J connectivity index is 2.58. The summed E-state index contributed by atoms with van der Waals surface area (Å²) in [7, 11) is 1.28. The predicted molar refractivity (Wildman–Crippen MR) is 64.6 cm³/mol. The van der Waals surface area contributed by atoms with Crippen molar-refractivity contribution in [2.24, 2.45) is 5.92 Å². The Morgan fingerprint density at radius 1 is 1.11 bits per heavy atom. The monoisotopic (exact) mass is 256 g/mol. The minimum Gasteiger partial charge on any atom is -0.468 e. The van der Waals surface area contributed by atoms with Gasteiger partial charge >= 0.3 is 5.97 Å². The van der Waals surface area contributed by atoms with E-state index in [0.717, 1.165) is 0 Å². The summed E-state index contributed by atoms with van der Waals surface area (Å²) < 4.78 is 4.62. The van der Waals surface area contributed by atoms with E-state index in [2.05, 4.69) is 4.74 Å². The van der Waals surface area contributed by atoms with E-state index in [1.165, 1.54) is 14.0 Å². The maximum absolute atomic E-state index is 12.1. The Morgan fingerprint density at radius 3 is 2.00 bits per heavy atom. The van der Waals surface area contributed by atoms with Crippen molar-refractivity contribution >= 4 is 17.8 Å². The van der Waals surface area contributed by atoms with Crippen LogP contribution in [0.25, 0.3) is 0 Å². The van der Waals surface area contributed by atoms with Gasteiger partial charge in [0.2, 0.25) is 11.8 Å². The number of carbonyl (C=O) groups is 3. The smallest absolute Gasteiger partial charge is 0.318 e. The molecular formula is C12H20N2O4. The molecule has 0 saturated carbocycles. The highest BCUT2D eigenvalue weighted by molar-refractivity contribution is 5.97. The standard InChI is InChI=1S/C12H20N2O4/c1-4-10(12(17)18-3)11(16)14-7-5-13(6-8-14)9(2)15/h10H,4-8H2,1-3H3. The first-order valence-corrected chi connectivity index (χ1v) is 6.13. The lowest BCUT2D eigenvalue weighted by molar-refractivity contribution is -0.155. The van der Waals surface area contributed by atoms with E-state index in [4.69, 9.17) is 0 Å². The van der Waals surface area contributed by atoms with Gasteiger partial charge < -0.3 is 14.5 Å². The van der Waals surface area contributed by atoms with Crippen LogP contribution in [0.1, 0.15) is 20.3 Å². The molecule has 0 aromatic carbocycles. The average molecular weight is 256 g/mol. The average Bonchev–Trinajstić information content (AvgIpc) is 2.39. The van der Waals surface area contributed by atoms with E-state index in [1.54, 1.807) is 16.7 Å². The van der Waals surface area contributed by atoms with Crippen molar-refractivity contribution in [3.05, 3.63) is 0 Å². The topological polar surface area (TPSA) is 66.9 Å². The summed E-state index contributed by atoms with van der Waals surface area (Å²) in [4.78, 5) is 38.1. The van der Waals surface area contributed by atoms with Crippen LogP contribution in [-0.4, -0.2) is 60.9 Å². The molecule has 0 radical (unpaired) electrons. The van der Waals surface area contributed by atoms with Gasteiger partial charge in [0.1, 0.15) is 5.92 Å². The van der Waals surface area contributed by atoms with Gasteiger partial charge in [-0.05, 0) is 6.42 Å². The van der Waals surface area contributed by atoms with Crippen molar-refractivity contribution in [2.45, 2.75) is 20.3 Å². The zero-order valence-electron chi connectivity index (χ0n) is 11.1. The molecule has 1 aliphatic heterocycles. The number of methoxy groups -OCH3 is 1. The SMILES string of the molecule is CCC(C(=O)OC)C(=O)N1CCN(C(C)=O)CC1. The molecule has 1 aliphatic rings. The van der Waals surface area contributed by atoms with Gasteiger partial charge in [0, 0.05) is 33.1 Å². The second-order valence-corrected chi connectivity index (χ2v) is 4.32. The second kappa shape index (κ2) is 6.37. The molecule has 1 unspecified atom stereocenters. The van der Waals surface area contributed by atoms with Crippen LogP contribution < -0.4 is 0 Å². The van der Waals surface area contributed by atoms with Crippen LogP contribution >= 0.6 is 0 Å². The molecule has 0 aromatic heterocycles. The number of hydrogen-bond donors (Lipinski definition) is 0. The van der Waals surface area contributed by atoms with E-state index in [0.29, 0.717) is 32.6 Å². The number of nitrogens with zero attached hydrogens (tertiary/aromatic N) is 2. The third-order valence-electron chi connectivity index (χ3n) is 3.23. The first kappa shape index (κ1) is 14.5. The lowest BCUT2D eigenvalue weighted by Crippen LogP contribution is -2.52. The fourth-order valence-electron chi connectivity index (χ4n) is 2.05. The lowest BCUT2D eigenvalue weighted by Gasteiger charge is -2.35. The molecule has 1 saturated heterocycles. The molecule has 102 valence electrons. The summed E-state index contributed by atoms with van der Waals surface area (Å²) in [5.74, 6) is -1.40. The fraction of sp³-hybridized carbons (Fsp3) is 0.750. The van der Waals surface area contributed by atoms with Crippen molar-refractivity contribution < 1.29 is 19.1 Å². The van der Waals surface area contributed by atoms with E-state index >= 15 is 0 Å². The zero-order valence-corrected chi connectivity index (χ0v) is 11.1. The molecule has 1 atom stereocenters. The van der Waals surface area contributed by atoms with Crippen LogP contribution in [0.5, 0.6) is 0 Å². The summed E-state index contributed by atoms with van der Waals surface area (Å²) in [5.41, 5.74) is 0. The molecule has 18 heavy (non-hydrogen) atoms. The third-order valence-corrected chi connectivity index (χ3v) is 3.23. The molecule has 6 heteroatoms. The molecule has 1 rings (SSSR count). The summed E-state index contributed by atoms with van der Waals surface area (Å²) in [6.45, 7) is 5.31. The van der Waals surface area contributed by atoms with E-state index < -0.39 is 11.9 Å². The summed E-state index contributed by atoms with van der Waals surface area (Å²) in [6.07, 6.45) is 0.429. The Kier molecular flexibility index (Phi) is 5.12. The van der Waals surface area contributed by atoms with Crippen molar-refractivity contribution in [1.29, 1.82) is 0 Å². The highest BCUT2D eigenvalue weighted by Gasteiger charge is 2.32. The van der Waals surface area contributed by atoms with E-state index in [-0.39, 0.29) is 11.8 Å². The zero-order chi connectivity index (χ0) is 13.7. The van der Waals surface area contributed by atoms with Crippen LogP contribution in [0.15, 0.2) is 0 Å². The van der Waals surface area contributed by atoms with E-state index in [1.807, 2.05) is 0 Å². The Bertz CT molecular complexity index is 335. The highest BCUT2D eigenvalue weighted by atomic mass is 16.5. The van der Waals surface area contributed by atoms with Gasteiger partial charge in [-0.15, -0.1) is 0 Å². The van der Waals surface area contributed by atoms with Crippen LogP contribution in [-0.2, 0) is 19.1 Å². The Labute approximate surface area is 107 Å². The van der Waals surface area contributed by atoms with Gasteiger partial charge in [-0.2, -0.15) is 0 Å². The molecule has 1 heterocycles. The van der Waals surface area contributed by atoms with Crippen molar-refractivity contribution in [3.63, 3.8) is 0 Å². The van der Waals surface area contributed by atoms with Gasteiger partial charge in [0.25, 0.3) is 0 Å². The lowest BCUT2D eigenvalue weighted by atomic mass is 10.0. The molecule has 0 spiro atoms. The molecule has 6 nitrogen and oxygen atoms in total. The van der Waals surface area contributed by atoms with Gasteiger partial charge in [-0.1, -0.05) is 6.92 Å². The normalized spacial score (nSPS) is 17.3. The van der Waals surface area contributed by atoms with Crippen molar-refractivity contribution in [3.8, 4) is 0 Å². The fourth-order valence-corrected chi connectivity index (χ4v) is 2.05. The number of rotatable bonds is 3. The highest BCUT2D eigenvalue weighted by Crippen LogP contribution is 2.12. The number of carbonyl (C=O) groups excluding carboxylic acids is 3. The third kappa shape index (κ3) is 3.21. The Morgan fingerprint density at radius 2 is 1.61 bits per heavy atom. The first-order chi connectivity index (χ1) is 8.51. The second-order valence-electron chi connectivity index (χ2n) is 4.32. The summed E-state index contributed by atoms with van der Waals surface area (Å²) in [5, 5.41) is 0. The van der Waals surface area contributed by atoms with Gasteiger partial charge in [0.15, 0.2) is 0 Å². The molecule has 0 aliphatic carbocycles. The van der Waals surface area contributed by atoms with Crippen molar-refractivity contribution in [2.75, 3.05) is 33.3 Å². The Hall–Kier alpha value is -1.59. The minimum absolute atomic E-state index is 0.0158. The summed E-state index contributed by atoms with van der Waals surface area (Å²) in [6, 6.07) is 0. The van der Waals surface area contributed by atoms with Gasteiger partial charge in [0.05, 0.1) is 7.11 Å². The number of esters is 1. The van der Waals surface area contributed by atoms with E-state index in [9.17, 15) is 14.4 Å². The quantitative estimate of drug-likeness (QED) is 0.521. The number of hydrogen-bond acceptors (Lipinski definition) is 4. The predicted octanol–water partition coefficient (Wildman–Crippen LogP) is -0.124. The maximum atomic E-state index is 12.1. The number of piperazine rings is 1. The van der Waals surface area contributed by atoms with Gasteiger partial charge in [-0.3, -0.25) is 14.4 Å². The number of ether oxygens (including phenoxy) is 1. The van der Waals surface area contributed by atoms with Crippen LogP contribution in [0, 0.1) is 5.92 Å². The largest absolute Gasteiger partial charge is 0.468 e. The minimum atomic E-state index is -0.723. The number of amides is 2. The molecular weight excluding hydrogens is 236 g/mol. The van der Waals surface area contributed by atoms with Crippen LogP contribution in [0.4, 0.5) is 0 Å². The molecule has 0 bridgehead atoms. The summed E-state index contributed by atoms with van der Waals surface area (Å²) >= 11 is 0. The molecule has 0 aromatic rings. The molecule has 0 N–H and O–H groups in total. The maximum Gasteiger partial charge on any atom is 0.318 e. The van der Waals surface area contributed by atoms with Crippen LogP contribution in [0.2, 0.25) is 0 Å². The van der Waals surface area contributed by atoms with Crippen LogP contribution in [0.3, 0.4) is 0 Å². The van der Waals surface area contributed by atoms with Crippen molar-refractivity contribution in [1.82, 2.24) is 9.80 Å².